The molecule has 0 aliphatic rings. The maximum absolute atomic E-state index is 4.24. The Morgan fingerprint density at radius 3 is 2.25 bits per heavy atom. The molecule has 16 heavy (non-hydrogen) atoms. The normalized spacial score (nSPS) is 10.4. The molecule has 0 spiro atoms. The molecule has 0 amide bonds. The van der Waals surface area contributed by atoms with E-state index in [4.69, 9.17) is 0 Å². The Labute approximate surface area is 107 Å². The lowest BCUT2D eigenvalue weighted by molar-refractivity contribution is 1.29. The summed E-state index contributed by atoms with van der Waals surface area (Å²) in [4.78, 5) is 4.24. The van der Waals surface area contributed by atoms with E-state index in [9.17, 15) is 0 Å². The number of benzene rings is 1. The van der Waals surface area contributed by atoms with Gasteiger partial charge in [0.1, 0.15) is 14.1 Å². The lowest BCUT2D eigenvalue weighted by Gasteiger charge is -2.04. The van der Waals surface area contributed by atoms with Crippen LogP contribution in [0.2, 0.25) is 0 Å². The van der Waals surface area contributed by atoms with Crippen LogP contribution in [0.3, 0.4) is 0 Å². The SMILES string of the molecule is Cc1cc(C)cc([Si]c2ccc(Br)nc2)c1. The number of pyridine rings is 1. The van der Waals surface area contributed by atoms with E-state index in [1.54, 1.807) is 0 Å². The van der Waals surface area contributed by atoms with Crippen molar-refractivity contribution in [2.75, 3.05) is 0 Å². The molecule has 0 aliphatic carbocycles. The van der Waals surface area contributed by atoms with Gasteiger partial charge in [-0.3, -0.25) is 0 Å². The van der Waals surface area contributed by atoms with Crippen LogP contribution in [-0.4, -0.2) is 14.5 Å². The van der Waals surface area contributed by atoms with Gasteiger partial charge in [-0.05, 0) is 41.0 Å². The Kier molecular flexibility index (Phi) is 3.56. The molecule has 1 heterocycles. The molecule has 1 aromatic carbocycles. The topological polar surface area (TPSA) is 12.9 Å². The fraction of sp³-hybridized carbons (Fsp3) is 0.154. The fourth-order valence-corrected chi connectivity index (χ4v) is 3.13. The second kappa shape index (κ2) is 4.93. The predicted molar refractivity (Wildman–Crippen MR) is 72.9 cm³/mol. The molecule has 0 bridgehead atoms. The van der Waals surface area contributed by atoms with Crippen molar-refractivity contribution >= 4 is 35.8 Å². The van der Waals surface area contributed by atoms with Gasteiger partial charge in [-0.1, -0.05) is 40.6 Å². The van der Waals surface area contributed by atoms with Crippen molar-refractivity contribution in [2.24, 2.45) is 0 Å². The van der Waals surface area contributed by atoms with Crippen molar-refractivity contribution < 1.29 is 0 Å². The van der Waals surface area contributed by atoms with Gasteiger partial charge in [-0.15, -0.1) is 0 Å². The van der Waals surface area contributed by atoms with Crippen LogP contribution in [-0.2, 0) is 0 Å². The van der Waals surface area contributed by atoms with E-state index in [0.717, 1.165) is 4.60 Å². The highest BCUT2D eigenvalue weighted by atomic mass is 79.9. The number of aryl methyl sites for hydroxylation is 2. The van der Waals surface area contributed by atoms with E-state index in [1.165, 1.54) is 21.5 Å². The predicted octanol–water partition coefficient (Wildman–Crippen LogP) is 2.12. The summed E-state index contributed by atoms with van der Waals surface area (Å²) in [5.41, 5.74) is 2.65. The second-order valence-electron chi connectivity index (χ2n) is 3.87. The molecule has 2 radical (unpaired) electrons. The molecule has 0 fully saturated rings. The fourth-order valence-electron chi connectivity index (χ4n) is 1.66. The zero-order chi connectivity index (χ0) is 11.5. The molecule has 1 nitrogen and oxygen atoms in total. The average Bonchev–Trinajstić information content (AvgIpc) is 2.20. The zero-order valence-corrected chi connectivity index (χ0v) is 11.9. The van der Waals surface area contributed by atoms with E-state index < -0.39 is 0 Å². The number of rotatable bonds is 2. The summed E-state index contributed by atoms with van der Waals surface area (Å²) in [5, 5.41) is 2.65. The maximum atomic E-state index is 4.24. The van der Waals surface area contributed by atoms with Gasteiger partial charge in [0, 0.05) is 6.20 Å². The summed E-state index contributed by atoms with van der Waals surface area (Å²) in [6.45, 7) is 4.28. The molecule has 2 aromatic rings. The van der Waals surface area contributed by atoms with Crippen LogP contribution in [0.5, 0.6) is 0 Å². The zero-order valence-electron chi connectivity index (χ0n) is 9.29. The third kappa shape index (κ3) is 3.03. The molecule has 0 saturated carbocycles. The van der Waals surface area contributed by atoms with Gasteiger partial charge in [-0.2, -0.15) is 0 Å². The Morgan fingerprint density at radius 2 is 1.69 bits per heavy atom. The maximum Gasteiger partial charge on any atom is 0.123 e. The lowest BCUT2D eigenvalue weighted by Crippen LogP contribution is -2.27. The van der Waals surface area contributed by atoms with Crippen LogP contribution in [0.4, 0.5) is 0 Å². The number of hydrogen-bond donors (Lipinski definition) is 0. The first-order chi connectivity index (χ1) is 7.63. The summed E-state index contributed by atoms with van der Waals surface area (Å²) >= 11 is 3.35. The van der Waals surface area contributed by atoms with E-state index >= 15 is 0 Å². The number of hydrogen-bond acceptors (Lipinski definition) is 1. The third-order valence-corrected chi connectivity index (χ3v) is 3.87. The molecule has 0 unspecified atom stereocenters. The summed E-state index contributed by atoms with van der Waals surface area (Å²) in [6.07, 6.45) is 1.93. The molecule has 0 N–H and O–H groups in total. The van der Waals surface area contributed by atoms with Crippen LogP contribution in [0.15, 0.2) is 41.1 Å². The van der Waals surface area contributed by atoms with Crippen LogP contribution in [0, 0.1) is 13.8 Å². The first-order valence-corrected chi connectivity index (χ1v) is 6.90. The van der Waals surface area contributed by atoms with E-state index in [1.807, 2.05) is 12.3 Å². The van der Waals surface area contributed by atoms with Crippen molar-refractivity contribution in [3.63, 3.8) is 0 Å². The van der Waals surface area contributed by atoms with Gasteiger partial charge in [-0.25, -0.2) is 4.98 Å². The van der Waals surface area contributed by atoms with Crippen LogP contribution in [0.25, 0.3) is 0 Å². The molecule has 80 valence electrons. The van der Waals surface area contributed by atoms with Crippen molar-refractivity contribution in [3.05, 3.63) is 52.3 Å². The van der Waals surface area contributed by atoms with Crippen molar-refractivity contribution in [3.8, 4) is 0 Å². The lowest BCUT2D eigenvalue weighted by atomic mass is 10.2. The van der Waals surface area contributed by atoms with Gasteiger partial charge < -0.3 is 0 Å². The summed E-state index contributed by atoms with van der Waals surface area (Å²) in [6, 6.07) is 10.8. The molecule has 0 saturated heterocycles. The Hall–Kier alpha value is -0.933. The third-order valence-electron chi connectivity index (χ3n) is 2.24. The Morgan fingerprint density at radius 1 is 1.00 bits per heavy atom. The molecule has 1 aromatic heterocycles. The van der Waals surface area contributed by atoms with Gasteiger partial charge in [0.25, 0.3) is 0 Å². The summed E-state index contributed by atoms with van der Waals surface area (Å²) < 4.78 is 0.890. The molecule has 2 rings (SSSR count). The first kappa shape index (κ1) is 11.5. The molecule has 3 heteroatoms. The minimum Gasteiger partial charge on any atom is -0.250 e. The van der Waals surface area contributed by atoms with Gasteiger partial charge in [0.05, 0.1) is 0 Å². The highest BCUT2D eigenvalue weighted by molar-refractivity contribution is 9.10. The minimum atomic E-state index is 0.683. The highest BCUT2D eigenvalue weighted by Crippen LogP contribution is 2.01. The summed E-state index contributed by atoms with van der Waals surface area (Å²) in [5.74, 6) is 0. The second-order valence-corrected chi connectivity index (χ2v) is 6.09. The monoisotopic (exact) mass is 289 g/mol. The number of halogens is 1. The van der Waals surface area contributed by atoms with Crippen molar-refractivity contribution in [2.45, 2.75) is 13.8 Å². The first-order valence-electron chi connectivity index (χ1n) is 5.10. The van der Waals surface area contributed by atoms with Gasteiger partial charge in [0.2, 0.25) is 0 Å². The highest BCUT2D eigenvalue weighted by Gasteiger charge is 2.00. The molecular formula is C13H12BrNSi. The smallest absolute Gasteiger partial charge is 0.123 e. The summed E-state index contributed by atoms with van der Waals surface area (Å²) in [7, 11) is 0.683. The Bertz CT molecular complexity index is 474. The van der Waals surface area contributed by atoms with E-state index in [0.29, 0.717) is 9.52 Å². The van der Waals surface area contributed by atoms with Crippen molar-refractivity contribution in [1.82, 2.24) is 4.98 Å². The van der Waals surface area contributed by atoms with Gasteiger partial charge in [0.15, 0.2) is 0 Å². The van der Waals surface area contributed by atoms with Crippen LogP contribution >= 0.6 is 15.9 Å². The largest absolute Gasteiger partial charge is 0.250 e. The van der Waals surface area contributed by atoms with Crippen LogP contribution < -0.4 is 10.4 Å². The number of aromatic nitrogens is 1. The van der Waals surface area contributed by atoms with E-state index in [2.05, 4.69) is 59.0 Å². The Balaban J connectivity index is 2.23. The minimum absolute atomic E-state index is 0.683. The molecular weight excluding hydrogens is 278 g/mol. The number of nitrogens with zero attached hydrogens (tertiary/aromatic N) is 1. The quantitative estimate of drug-likeness (QED) is 0.610. The molecule has 0 atom stereocenters. The van der Waals surface area contributed by atoms with Crippen molar-refractivity contribution in [1.29, 1.82) is 0 Å². The van der Waals surface area contributed by atoms with Crippen LogP contribution in [0.1, 0.15) is 11.1 Å². The molecule has 0 aliphatic heterocycles. The van der Waals surface area contributed by atoms with Gasteiger partial charge >= 0.3 is 0 Å². The van der Waals surface area contributed by atoms with E-state index in [-0.39, 0.29) is 0 Å². The standard InChI is InChI=1S/C13H12BrNSi/c1-9-5-10(2)7-12(6-9)16-11-3-4-13(14)15-8-11/h3-8H,1-2H3. The average molecular weight is 290 g/mol.